The molecule has 0 aromatic heterocycles. The van der Waals surface area contributed by atoms with E-state index >= 15 is 0 Å². The molecule has 0 spiro atoms. The minimum atomic E-state index is -0.390. The number of carbonyl (C=O) groups is 1. The highest BCUT2D eigenvalue weighted by Gasteiger charge is 2.10. The first kappa shape index (κ1) is 27.1. The van der Waals surface area contributed by atoms with Crippen LogP contribution in [0.15, 0.2) is 96.0 Å². The van der Waals surface area contributed by atoms with E-state index in [0.717, 1.165) is 17.7 Å². The number of hydrogen-bond acceptors (Lipinski definition) is 4. The minimum Gasteiger partial charge on any atom is -0.494 e. The van der Waals surface area contributed by atoms with Crippen LogP contribution in [-0.2, 0) is 0 Å². The molecule has 0 unspecified atom stereocenters. The van der Waals surface area contributed by atoms with Crippen LogP contribution >= 0.6 is 0 Å². The minimum absolute atomic E-state index is 0.0171. The average molecular weight is 508 g/mol. The number of hydrogen-bond donors (Lipinski definition) is 0. The number of aliphatic imine (C=N–C) groups is 1. The van der Waals surface area contributed by atoms with Crippen molar-refractivity contribution in [1.82, 2.24) is 0 Å². The molecule has 4 rings (SSSR count). The molecule has 1 atom stereocenters. The molecule has 0 aliphatic carbocycles. The predicted octanol–water partition coefficient (Wildman–Crippen LogP) is 8.98. The number of rotatable bonds is 13. The summed E-state index contributed by atoms with van der Waals surface area (Å²) in [6, 6.07) is 29.2. The number of esters is 1. The van der Waals surface area contributed by atoms with Crippen molar-refractivity contribution in [2.75, 3.05) is 6.61 Å². The molecule has 196 valence electrons. The second kappa shape index (κ2) is 14.1. The Bertz CT molecular complexity index is 1320. The normalized spacial score (nSPS) is 12.1. The summed E-state index contributed by atoms with van der Waals surface area (Å²) in [6.45, 7) is 5.03. The number of fused-ring (bicyclic) bond motifs is 1. The maximum atomic E-state index is 12.6. The third kappa shape index (κ3) is 7.79. The smallest absolute Gasteiger partial charge is 0.343 e. The zero-order chi connectivity index (χ0) is 26.6. The standard InChI is InChI=1S/C34H37NO3/c1-3-4-5-6-7-10-24-37-30-20-22-31(23-21-30)38-34(36)29-18-16-27(17-19-29)25-35-26(2)32-15-11-13-28-12-8-9-14-33(28)32/h8-9,11-23,25-26H,3-7,10,24H2,1-2H3/t26-/m1/s1. The van der Waals surface area contributed by atoms with Crippen molar-refractivity contribution in [3.63, 3.8) is 0 Å². The van der Waals surface area contributed by atoms with Gasteiger partial charge >= 0.3 is 5.97 Å². The fourth-order valence-corrected chi connectivity index (χ4v) is 4.44. The van der Waals surface area contributed by atoms with E-state index in [-0.39, 0.29) is 6.04 Å². The molecule has 0 heterocycles. The molecule has 4 aromatic carbocycles. The Morgan fingerprint density at radius 3 is 2.26 bits per heavy atom. The molecule has 0 fully saturated rings. The van der Waals surface area contributed by atoms with Crippen molar-refractivity contribution in [3.05, 3.63) is 108 Å². The van der Waals surface area contributed by atoms with Crippen LogP contribution in [0.3, 0.4) is 0 Å². The molecule has 0 bridgehead atoms. The van der Waals surface area contributed by atoms with Gasteiger partial charge < -0.3 is 9.47 Å². The fraction of sp³-hybridized carbons (Fsp3) is 0.294. The van der Waals surface area contributed by atoms with Crippen molar-refractivity contribution in [1.29, 1.82) is 0 Å². The first-order valence-corrected chi connectivity index (χ1v) is 13.7. The van der Waals surface area contributed by atoms with Gasteiger partial charge in [-0.15, -0.1) is 0 Å². The third-order valence-corrected chi connectivity index (χ3v) is 6.67. The van der Waals surface area contributed by atoms with Gasteiger partial charge in [-0.25, -0.2) is 4.79 Å². The number of benzene rings is 4. The maximum absolute atomic E-state index is 12.6. The van der Waals surface area contributed by atoms with Crippen LogP contribution in [0.2, 0.25) is 0 Å². The third-order valence-electron chi connectivity index (χ3n) is 6.67. The topological polar surface area (TPSA) is 47.9 Å². The second-order valence-corrected chi connectivity index (χ2v) is 9.62. The first-order chi connectivity index (χ1) is 18.6. The highest BCUT2D eigenvalue weighted by atomic mass is 16.5. The Balaban J connectivity index is 1.26. The van der Waals surface area contributed by atoms with Gasteiger partial charge in [-0.3, -0.25) is 4.99 Å². The van der Waals surface area contributed by atoms with E-state index in [1.807, 2.05) is 36.5 Å². The maximum Gasteiger partial charge on any atom is 0.343 e. The zero-order valence-electron chi connectivity index (χ0n) is 22.4. The lowest BCUT2D eigenvalue weighted by Crippen LogP contribution is -2.08. The van der Waals surface area contributed by atoms with Crippen LogP contribution < -0.4 is 9.47 Å². The largest absolute Gasteiger partial charge is 0.494 e. The van der Waals surface area contributed by atoms with Crippen molar-refractivity contribution in [2.24, 2.45) is 4.99 Å². The summed E-state index contributed by atoms with van der Waals surface area (Å²) < 4.78 is 11.4. The molecule has 4 aromatic rings. The highest BCUT2D eigenvalue weighted by molar-refractivity contribution is 5.92. The summed E-state index contributed by atoms with van der Waals surface area (Å²) in [6.07, 6.45) is 9.26. The molecular weight excluding hydrogens is 470 g/mol. The van der Waals surface area contributed by atoms with Gasteiger partial charge in [0.05, 0.1) is 18.2 Å². The van der Waals surface area contributed by atoms with E-state index < -0.39 is 5.97 Å². The second-order valence-electron chi connectivity index (χ2n) is 9.62. The number of nitrogens with zero attached hydrogens (tertiary/aromatic N) is 1. The molecular formula is C34H37NO3. The van der Waals surface area contributed by atoms with Crippen molar-refractivity contribution in [3.8, 4) is 11.5 Å². The lowest BCUT2D eigenvalue weighted by Gasteiger charge is -2.10. The van der Waals surface area contributed by atoms with Gasteiger partial charge in [0.1, 0.15) is 11.5 Å². The SMILES string of the molecule is CCCCCCCCOc1ccc(OC(=O)c2ccc(C=N[C@H](C)c3cccc4ccccc34)cc2)cc1. The van der Waals surface area contributed by atoms with Gasteiger partial charge in [0, 0.05) is 6.21 Å². The summed E-state index contributed by atoms with van der Waals surface area (Å²) in [5.74, 6) is 0.898. The van der Waals surface area contributed by atoms with Gasteiger partial charge in [-0.05, 0) is 71.6 Å². The molecule has 0 amide bonds. The summed E-state index contributed by atoms with van der Waals surface area (Å²) in [7, 11) is 0. The quantitative estimate of drug-likeness (QED) is 0.0785. The van der Waals surface area contributed by atoms with E-state index in [1.54, 1.807) is 24.3 Å². The van der Waals surface area contributed by atoms with Crippen molar-refractivity contribution in [2.45, 2.75) is 58.4 Å². The molecule has 0 saturated carbocycles. The van der Waals surface area contributed by atoms with Gasteiger partial charge in [0.15, 0.2) is 0 Å². The average Bonchev–Trinajstić information content (AvgIpc) is 2.96. The van der Waals surface area contributed by atoms with Crippen molar-refractivity contribution < 1.29 is 14.3 Å². The Morgan fingerprint density at radius 1 is 0.789 bits per heavy atom. The number of ether oxygens (including phenoxy) is 2. The monoisotopic (exact) mass is 507 g/mol. The predicted molar refractivity (Wildman–Crippen MR) is 157 cm³/mol. The van der Waals surface area contributed by atoms with Crippen LogP contribution in [0.4, 0.5) is 0 Å². The molecule has 0 N–H and O–H groups in total. The van der Waals surface area contributed by atoms with Gasteiger partial charge in [0.25, 0.3) is 0 Å². The van der Waals surface area contributed by atoms with E-state index in [9.17, 15) is 4.79 Å². The van der Waals surface area contributed by atoms with Crippen LogP contribution in [-0.4, -0.2) is 18.8 Å². The number of carbonyl (C=O) groups excluding carboxylic acids is 1. The van der Waals surface area contributed by atoms with Crippen LogP contribution in [0.5, 0.6) is 11.5 Å². The highest BCUT2D eigenvalue weighted by Crippen LogP contribution is 2.26. The van der Waals surface area contributed by atoms with E-state index in [2.05, 4.69) is 50.2 Å². The molecule has 38 heavy (non-hydrogen) atoms. The van der Waals surface area contributed by atoms with Crippen molar-refractivity contribution >= 4 is 23.0 Å². The Morgan fingerprint density at radius 2 is 1.47 bits per heavy atom. The molecule has 0 radical (unpaired) electrons. The molecule has 0 aliphatic heterocycles. The van der Waals surface area contributed by atoms with Gasteiger partial charge in [-0.2, -0.15) is 0 Å². The fourth-order valence-electron chi connectivity index (χ4n) is 4.44. The summed E-state index contributed by atoms with van der Waals surface area (Å²) in [5.41, 5.74) is 2.62. The van der Waals surface area contributed by atoms with Gasteiger partial charge in [0.2, 0.25) is 0 Å². The lowest BCUT2D eigenvalue weighted by molar-refractivity contribution is 0.0734. The van der Waals surface area contributed by atoms with Gasteiger partial charge in [-0.1, -0.05) is 93.6 Å². The number of unbranched alkanes of at least 4 members (excludes halogenated alkanes) is 5. The van der Waals surface area contributed by atoms with Crippen LogP contribution in [0.25, 0.3) is 10.8 Å². The Labute approximate surface area is 226 Å². The van der Waals surface area contributed by atoms with E-state index in [4.69, 9.17) is 14.5 Å². The van der Waals surface area contributed by atoms with Crippen LogP contribution in [0, 0.1) is 0 Å². The summed E-state index contributed by atoms with van der Waals surface area (Å²) >= 11 is 0. The van der Waals surface area contributed by atoms with E-state index in [1.165, 1.54) is 48.4 Å². The Kier molecular flexibility index (Phi) is 10.1. The molecule has 4 nitrogen and oxygen atoms in total. The van der Waals surface area contributed by atoms with E-state index in [0.29, 0.717) is 17.9 Å². The summed E-state index contributed by atoms with van der Waals surface area (Å²) in [4.78, 5) is 17.4. The Hall–Kier alpha value is -3.92. The lowest BCUT2D eigenvalue weighted by atomic mass is 10.00. The zero-order valence-corrected chi connectivity index (χ0v) is 22.4. The first-order valence-electron chi connectivity index (χ1n) is 13.7. The molecule has 4 heteroatoms. The van der Waals surface area contributed by atoms with Crippen LogP contribution in [0.1, 0.15) is 79.9 Å². The molecule has 0 saturated heterocycles. The molecule has 0 aliphatic rings. The summed E-state index contributed by atoms with van der Waals surface area (Å²) in [5, 5.41) is 2.43.